The van der Waals surface area contributed by atoms with Crippen LogP contribution in [0.5, 0.6) is 11.5 Å². The summed E-state index contributed by atoms with van der Waals surface area (Å²) in [4.78, 5) is 19.8. The molecule has 2 aromatic heterocycles. The molecule has 0 amide bonds. The average molecular weight is 485 g/mol. The van der Waals surface area contributed by atoms with Crippen molar-refractivity contribution in [2.75, 3.05) is 14.2 Å². The van der Waals surface area contributed by atoms with E-state index in [-0.39, 0.29) is 0 Å². The third-order valence-corrected chi connectivity index (χ3v) is 6.40. The summed E-state index contributed by atoms with van der Waals surface area (Å²) < 4.78 is 10.6. The van der Waals surface area contributed by atoms with Gasteiger partial charge >= 0.3 is 0 Å². The predicted octanol–water partition coefficient (Wildman–Crippen LogP) is 6.52. The molecule has 0 aliphatic heterocycles. The lowest BCUT2D eigenvalue weighted by molar-refractivity contribution is 0.414. The summed E-state index contributed by atoms with van der Waals surface area (Å²) in [6, 6.07) is 31.8. The average Bonchev–Trinajstić information content (AvgIpc) is 2.97. The minimum absolute atomic E-state index is 0.540. The second-order valence-corrected chi connectivity index (χ2v) is 8.66. The number of aromatic nitrogens is 4. The lowest BCUT2D eigenvalue weighted by atomic mass is 10.0. The zero-order chi connectivity index (χ0) is 25.2. The Kier molecular flexibility index (Phi) is 5.91. The van der Waals surface area contributed by atoms with Crippen molar-refractivity contribution in [1.29, 1.82) is 0 Å². The highest BCUT2D eigenvalue weighted by Crippen LogP contribution is 2.28. The number of rotatable bonds is 6. The number of methoxy groups -OCH3 is 2. The molecule has 0 aliphatic rings. The molecule has 2 heterocycles. The van der Waals surface area contributed by atoms with E-state index in [1.54, 1.807) is 14.2 Å². The fraction of sp³-hybridized carbons (Fsp3) is 0.0968. The molecule has 0 bridgehead atoms. The molecule has 6 aromatic rings. The SMILES string of the molecule is COc1ccc(-c2nc(Cc3nc(-c4ccc(OC)cc4)nc4ccccc34)c3ccccc3n2)cc1. The predicted molar refractivity (Wildman–Crippen MR) is 146 cm³/mol. The van der Waals surface area contributed by atoms with Gasteiger partial charge in [0.25, 0.3) is 0 Å². The first kappa shape index (κ1) is 22.6. The van der Waals surface area contributed by atoms with Crippen LogP contribution in [0.2, 0.25) is 0 Å². The van der Waals surface area contributed by atoms with E-state index < -0.39 is 0 Å². The van der Waals surface area contributed by atoms with Crippen LogP contribution >= 0.6 is 0 Å². The number of ether oxygens (including phenoxy) is 2. The zero-order valence-electron chi connectivity index (χ0n) is 20.6. The lowest BCUT2D eigenvalue weighted by Gasteiger charge is -2.12. The topological polar surface area (TPSA) is 70.0 Å². The lowest BCUT2D eigenvalue weighted by Crippen LogP contribution is -2.03. The summed E-state index contributed by atoms with van der Waals surface area (Å²) in [5, 5.41) is 2.02. The zero-order valence-corrected chi connectivity index (χ0v) is 20.6. The van der Waals surface area contributed by atoms with Gasteiger partial charge in [0.15, 0.2) is 11.6 Å². The smallest absolute Gasteiger partial charge is 0.160 e. The Balaban J connectivity index is 1.49. The van der Waals surface area contributed by atoms with Crippen molar-refractivity contribution < 1.29 is 9.47 Å². The van der Waals surface area contributed by atoms with Crippen molar-refractivity contribution in [1.82, 2.24) is 19.9 Å². The van der Waals surface area contributed by atoms with E-state index >= 15 is 0 Å². The molecule has 0 atom stereocenters. The second kappa shape index (κ2) is 9.66. The molecule has 0 fully saturated rings. The molecule has 6 heteroatoms. The molecular weight excluding hydrogens is 460 g/mol. The van der Waals surface area contributed by atoms with Gasteiger partial charge in [0.1, 0.15) is 11.5 Å². The molecule has 180 valence electrons. The monoisotopic (exact) mass is 484 g/mol. The molecule has 0 unspecified atom stereocenters. The van der Waals surface area contributed by atoms with E-state index in [0.29, 0.717) is 18.1 Å². The Morgan fingerprint density at radius 2 is 0.892 bits per heavy atom. The molecular formula is C31H24N4O2. The van der Waals surface area contributed by atoms with E-state index in [1.165, 1.54) is 0 Å². The summed E-state index contributed by atoms with van der Waals surface area (Å²) in [6.45, 7) is 0. The van der Waals surface area contributed by atoms with Crippen molar-refractivity contribution in [3.05, 3.63) is 108 Å². The molecule has 0 saturated carbocycles. The van der Waals surface area contributed by atoms with Crippen LogP contribution in [-0.2, 0) is 6.42 Å². The molecule has 4 aromatic carbocycles. The maximum Gasteiger partial charge on any atom is 0.160 e. The summed E-state index contributed by atoms with van der Waals surface area (Å²) in [5.74, 6) is 2.93. The third kappa shape index (κ3) is 4.45. The minimum atomic E-state index is 0.540. The Labute approximate surface area is 214 Å². The van der Waals surface area contributed by atoms with Gasteiger partial charge in [0, 0.05) is 28.3 Å². The first-order valence-corrected chi connectivity index (χ1v) is 12.0. The highest BCUT2D eigenvalue weighted by Gasteiger charge is 2.15. The highest BCUT2D eigenvalue weighted by molar-refractivity contribution is 5.86. The van der Waals surface area contributed by atoms with Crippen molar-refractivity contribution in [3.8, 4) is 34.3 Å². The van der Waals surface area contributed by atoms with E-state index in [1.807, 2.05) is 84.9 Å². The number of hydrogen-bond donors (Lipinski definition) is 0. The normalized spacial score (nSPS) is 11.1. The Morgan fingerprint density at radius 1 is 0.486 bits per heavy atom. The highest BCUT2D eigenvalue weighted by atomic mass is 16.5. The van der Waals surface area contributed by atoms with E-state index in [0.717, 1.165) is 55.8 Å². The molecule has 0 aliphatic carbocycles. The van der Waals surface area contributed by atoms with Crippen molar-refractivity contribution >= 4 is 21.8 Å². The molecule has 0 radical (unpaired) electrons. The molecule has 37 heavy (non-hydrogen) atoms. The van der Waals surface area contributed by atoms with Gasteiger partial charge in [-0.1, -0.05) is 36.4 Å². The number of benzene rings is 4. The number of hydrogen-bond acceptors (Lipinski definition) is 6. The number of fused-ring (bicyclic) bond motifs is 2. The maximum absolute atomic E-state index is 5.32. The van der Waals surface area contributed by atoms with Crippen molar-refractivity contribution in [3.63, 3.8) is 0 Å². The summed E-state index contributed by atoms with van der Waals surface area (Å²) >= 11 is 0. The van der Waals surface area contributed by atoms with Crippen LogP contribution in [0.15, 0.2) is 97.1 Å². The fourth-order valence-electron chi connectivity index (χ4n) is 4.45. The summed E-state index contributed by atoms with van der Waals surface area (Å²) in [5.41, 5.74) is 5.49. The molecule has 6 nitrogen and oxygen atoms in total. The van der Waals surface area contributed by atoms with Crippen LogP contribution in [0, 0.1) is 0 Å². The molecule has 6 rings (SSSR count). The van der Waals surface area contributed by atoms with E-state index in [9.17, 15) is 0 Å². The van der Waals surface area contributed by atoms with Crippen LogP contribution in [0.25, 0.3) is 44.6 Å². The molecule has 0 saturated heterocycles. The van der Waals surface area contributed by atoms with Gasteiger partial charge in [-0.3, -0.25) is 0 Å². The van der Waals surface area contributed by atoms with Crippen LogP contribution in [0.1, 0.15) is 11.4 Å². The fourth-order valence-corrected chi connectivity index (χ4v) is 4.45. The Bertz CT molecular complexity index is 1590. The standard InChI is InChI=1S/C31H24N4O2/c1-36-22-15-11-20(12-16-22)30-32-26-9-5-3-7-24(26)28(34-30)19-29-25-8-4-6-10-27(25)33-31(35-29)21-13-17-23(37-2)18-14-21/h3-18H,19H2,1-2H3. The number of para-hydroxylation sites is 2. The largest absolute Gasteiger partial charge is 0.497 e. The van der Waals surface area contributed by atoms with Gasteiger partial charge in [0.05, 0.1) is 36.6 Å². The summed E-state index contributed by atoms with van der Waals surface area (Å²) in [6.07, 6.45) is 0.540. The number of nitrogens with zero attached hydrogens (tertiary/aromatic N) is 4. The van der Waals surface area contributed by atoms with Crippen molar-refractivity contribution in [2.45, 2.75) is 6.42 Å². The Hall–Kier alpha value is -4.84. The van der Waals surface area contributed by atoms with Gasteiger partial charge in [0.2, 0.25) is 0 Å². The summed E-state index contributed by atoms with van der Waals surface area (Å²) in [7, 11) is 3.32. The first-order chi connectivity index (χ1) is 18.2. The van der Waals surface area contributed by atoms with Crippen LogP contribution in [0.3, 0.4) is 0 Å². The molecule has 0 spiro atoms. The Morgan fingerprint density at radius 3 is 1.30 bits per heavy atom. The minimum Gasteiger partial charge on any atom is -0.497 e. The van der Waals surface area contributed by atoms with Gasteiger partial charge in [-0.2, -0.15) is 0 Å². The van der Waals surface area contributed by atoms with Crippen molar-refractivity contribution in [2.24, 2.45) is 0 Å². The third-order valence-electron chi connectivity index (χ3n) is 6.40. The van der Waals surface area contributed by atoms with Gasteiger partial charge in [-0.25, -0.2) is 19.9 Å². The van der Waals surface area contributed by atoms with Crippen LogP contribution in [-0.4, -0.2) is 34.2 Å². The van der Waals surface area contributed by atoms with Crippen LogP contribution < -0.4 is 9.47 Å². The van der Waals surface area contributed by atoms with Gasteiger partial charge in [-0.15, -0.1) is 0 Å². The first-order valence-electron chi connectivity index (χ1n) is 12.0. The maximum atomic E-state index is 5.32. The van der Waals surface area contributed by atoms with Gasteiger partial charge < -0.3 is 9.47 Å². The quantitative estimate of drug-likeness (QED) is 0.268. The second-order valence-electron chi connectivity index (χ2n) is 8.66. The van der Waals surface area contributed by atoms with Gasteiger partial charge in [-0.05, 0) is 60.7 Å². The van der Waals surface area contributed by atoms with E-state index in [2.05, 4.69) is 12.1 Å². The van der Waals surface area contributed by atoms with Crippen LogP contribution in [0.4, 0.5) is 0 Å². The van der Waals surface area contributed by atoms with E-state index in [4.69, 9.17) is 29.4 Å². The molecule has 0 N–H and O–H groups in total.